The summed E-state index contributed by atoms with van der Waals surface area (Å²) < 4.78 is 0.734. The van der Waals surface area contributed by atoms with Crippen molar-refractivity contribution in [2.24, 2.45) is 0 Å². The van der Waals surface area contributed by atoms with Gasteiger partial charge in [0.1, 0.15) is 0 Å². The van der Waals surface area contributed by atoms with E-state index in [0.717, 1.165) is 23.9 Å². The molecule has 242 valence electrons. The minimum Gasteiger partial charge on any atom is -0.550 e. The molecule has 0 saturated carbocycles. The first-order valence-corrected chi connectivity index (χ1v) is 18.0. The molecule has 1 N–H and O–H groups in total. The van der Waals surface area contributed by atoms with Gasteiger partial charge in [0.05, 0.1) is 20.6 Å². The SMILES string of the molecule is CCCCCCCCCCCCCCCCCC(=O)[O-].CCCCCCCCCCCCCC[N+](C)(C)C(C)O. The topological polar surface area (TPSA) is 60.4 Å². The number of nitrogens with zero attached hydrogens (tertiary/aromatic N) is 1. The molecule has 0 radical (unpaired) electrons. The number of aliphatic carboxylic acids is 1. The average Bonchev–Trinajstić information content (AvgIpc) is 2.91. The Hall–Kier alpha value is -0.610. The summed E-state index contributed by atoms with van der Waals surface area (Å²) in [4.78, 5) is 10.2. The van der Waals surface area contributed by atoms with Gasteiger partial charge in [0.25, 0.3) is 0 Å². The van der Waals surface area contributed by atoms with Gasteiger partial charge in [-0.25, -0.2) is 0 Å². The summed E-state index contributed by atoms with van der Waals surface area (Å²) in [6.07, 6.45) is 36.3. The van der Waals surface area contributed by atoms with Gasteiger partial charge in [0.2, 0.25) is 0 Å². The molecule has 0 saturated heterocycles. The Labute approximate surface area is 252 Å². The normalized spacial score (nSPS) is 12.2. The molecule has 0 spiro atoms. The maximum Gasteiger partial charge on any atom is 0.187 e. The molecule has 0 rings (SSSR count). The Morgan fingerprint density at radius 3 is 1.02 bits per heavy atom. The zero-order chi connectivity index (χ0) is 30.2. The van der Waals surface area contributed by atoms with Crippen molar-refractivity contribution in [2.45, 2.75) is 207 Å². The van der Waals surface area contributed by atoms with Crippen LogP contribution in [0.5, 0.6) is 0 Å². The summed E-state index contributed by atoms with van der Waals surface area (Å²) in [7, 11) is 4.23. The van der Waals surface area contributed by atoms with Crippen molar-refractivity contribution in [3.05, 3.63) is 0 Å². The summed E-state index contributed by atoms with van der Waals surface area (Å²) in [5.74, 6) is -0.903. The van der Waals surface area contributed by atoms with Gasteiger partial charge in [0.15, 0.2) is 6.23 Å². The molecule has 0 aromatic heterocycles. The number of hydrogen-bond donors (Lipinski definition) is 1. The number of carbonyl (C=O) groups is 1. The molecule has 0 heterocycles. The summed E-state index contributed by atoms with van der Waals surface area (Å²) in [5.41, 5.74) is 0. The second-order valence-corrected chi connectivity index (χ2v) is 13.1. The molecule has 4 nitrogen and oxygen atoms in total. The summed E-state index contributed by atoms with van der Waals surface area (Å²) in [6.45, 7) is 7.53. The smallest absolute Gasteiger partial charge is 0.187 e. The van der Waals surface area contributed by atoms with E-state index in [1.54, 1.807) is 0 Å². The van der Waals surface area contributed by atoms with Gasteiger partial charge in [-0.05, 0) is 25.7 Å². The molecule has 0 bridgehead atoms. The van der Waals surface area contributed by atoms with E-state index in [2.05, 4.69) is 27.9 Å². The number of aliphatic hydroxyl groups is 1. The molecule has 1 atom stereocenters. The van der Waals surface area contributed by atoms with Crippen molar-refractivity contribution >= 4 is 5.97 Å². The lowest BCUT2D eigenvalue weighted by atomic mass is 10.0. The monoisotopic (exact) mass is 570 g/mol. The van der Waals surface area contributed by atoms with Crippen molar-refractivity contribution < 1.29 is 19.5 Å². The Morgan fingerprint density at radius 1 is 0.525 bits per heavy atom. The second-order valence-electron chi connectivity index (χ2n) is 13.1. The van der Waals surface area contributed by atoms with E-state index in [4.69, 9.17) is 0 Å². The zero-order valence-electron chi connectivity index (χ0n) is 28.3. The number of carbonyl (C=O) groups excluding carboxylic acids is 1. The van der Waals surface area contributed by atoms with E-state index in [1.807, 2.05) is 6.92 Å². The summed E-state index contributed by atoms with van der Waals surface area (Å²) in [5, 5.41) is 19.9. The van der Waals surface area contributed by atoms with Crippen LogP contribution < -0.4 is 5.11 Å². The van der Waals surface area contributed by atoms with Crippen LogP contribution in [0.2, 0.25) is 0 Å². The minimum absolute atomic E-state index is 0.234. The van der Waals surface area contributed by atoms with Crippen LogP contribution in [-0.2, 0) is 4.79 Å². The third-order valence-corrected chi connectivity index (χ3v) is 8.58. The first-order valence-electron chi connectivity index (χ1n) is 18.0. The Bertz CT molecular complexity index is 492. The maximum atomic E-state index is 10.2. The van der Waals surface area contributed by atoms with E-state index in [1.165, 1.54) is 161 Å². The van der Waals surface area contributed by atoms with Crippen molar-refractivity contribution in [2.75, 3.05) is 20.6 Å². The fourth-order valence-corrected chi connectivity index (χ4v) is 5.19. The number of unbranched alkanes of at least 4 members (excludes halogenated alkanes) is 25. The standard InChI is InChI=1S/C18H40NO.C18H36O2/c1-5-6-7-8-9-10-11-12-13-14-15-16-17-19(3,4)18(2)20;1-2-3-4-5-6-7-8-9-10-11-12-13-14-15-16-17-18(19)20/h18,20H,5-17H2,1-4H3;2-17H2,1H3,(H,19,20)/q+1;/p-1. The molecule has 40 heavy (non-hydrogen) atoms. The van der Waals surface area contributed by atoms with Gasteiger partial charge in [-0.1, -0.05) is 168 Å². The van der Waals surface area contributed by atoms with E-state index in [0.29, 0.717) is 0 Å². The van der Waals surface area contributed by atoms with Gasteiger partial charge in [-0.15, -0.1) is 0 Å². The van der Waals surface area contributed by atoms with Crippen LogP contribution in [0, 0.1) is 0 Å². The van der Waals surface area contributed by atoms with Crippen LogP contribution in [0.15, 0.2) is 0 Å². The van der Waals surface area contributed by atoms with Crippen LogP contribution in [0.4, 0.5) is 0 Å². The largest absolute Gasteiger partial charge is 0.550 e. The molecule has 0 aliphatic rings. The Kier molecular flexibility index (Phi) is 34.2. The highest BCUT2D eigenvalue weighted by molar-refractivity contribution is 5.64. The van der Waals surface area contributed by atoms with Gasteiger partial charge in [-0.2, -0.15) is 0 Å². The highest BCUT2D eigenvalue weighted by Crippen LogP contribution is 2.15. The highest BCUT2D eigenvalue weighted by Gasteiger charge is 2.20. The van der Waals surface area contributed by atoms with E-state index < -0.39 is 5.97 Å². The van der Waals surface area contributed by atoms with Crippen molar-refractivity contribution in [1.82, 2.24) is 0 Å². The van der Waals surface area contributed by atoms with Gasteiger partial charge < -0.3 is 19.5 Å². The maximum absolute atomic E-state index is 10.2. The first-order chi connectivity index (χ1) is 19.3. The molecule has 4 heteroatoms. The predicted octanol–water partition coefficient (Wildman–Crippen LogP) is 10.1. The molecule has 0 aliphatic heterocycles. The summed E-state index contributed by atoms with van der Waals surface area (Å²) in [6, 6.07) is 0. The number of aliphatic hydroxyl groups excluding tert-OH is 1. The van der Waals surface area contributed by atoms with Crippen LogP contribution in [0.25, 0.3) is 0 Å². The molecule has 1 unspecified atom stereocenters. The third kappa shape index (κ3) is 35.4. The lowest BCUT2D eigenvalue weighted by Gasteiger charge is -2.32. The predicted molar refractivity (Wildman–Crippen MR) is 174 cm³/mol. The summed E-state index contributed by atoms with van der Waals surface area (Å²) >= 11 is 0. The van der Waals surface area contributed by atoms with E-state index >= 15 is 0 Å². The molecule has 0 aliphatic carbocycles. The molecule has 0 aromatic carbocycles. The average molecular weight is 570 g/mol. The second kappa shape index (κ2) is 32.9. The number of quaternary nitrogens is 1. The Morgan fingerprint density at radius 2 is 0.775 bits per heavy atom. The fourth-order valence-electron chi connectivity index (χ4n) is 5.19. The van der Waals surface area contributed by atoms with E-state index in [-0.39, 0.29) is 12.6 Å². The first kappa shape index (κ1) is 41.5. The van der Waals surface area contributed by atoms with Gasteiger partial charge in [-0.3, -0.25) is 0 Å². The van der Waals surface area contributed by atoms with E-state index in [9.17, 15) is 15.0 Å². The van der Waals surface area contributed by atoms with Gasteiger partial charge >= 0.3 is 0 Å². The van der Waals surface area contributed by atoms with Crippen LogP contribution >= 0.6 is 0 Å². The zero-order valence-corrected chi connectivity index (χ0v) is 28.3. The van der Waals surface area contributed by atoms with Gasteiger partial charge in [0, 0.05) is 12.9 Å². The number of carboxylic acid groups (broad SMARTS) is 1. The number of rotatable bonds is 30. The quantitative estimate of drug-likeness (QED) is 0.0532. The van der Waals surface area contributed by atoms with Crippen molar-refractivity contribution in [3.8, 4) is 0 Å². The highest BCUT2D eigenvalue weighted by atomic mass is 16.4. The molecule has 0 fully saturated rings. The fraction of sp³-hybridized carbons (Fsp3) is 0.972. The number of hydrogen-bond acceptors (Lipinski definition) is 3. The molecular formula is C36H75NO3. The van der Waals surface area contributed by atoms with Crippen LogP contribution in [-0.4, -0.2) is 42.4 Å². The van der Waals surface area contributed by atoms with Crippen LogP contribution in [0.3, 0.4) is 0 Å². The van der Waals surface area contributed by atoms with Crippen molar-refractivity contribution in [3.63, 3.8) is 0 Å². The molecular weight excluding hydrogens is 494 g/mol. The molecule has 0 aromatic rings. The van der Waals surface area contributed by atoms with Crippen molar-refractivity contribution in [1.29, 1.82) is 0 Å². The third-order valence-electron chi connectivity index (χ3n) is 8.58. The Balaban J connectivity index is 0. The number of carboxylic acids is 1. The molecule has 0 amide bonds. The van der Waals surface area contributed by atoms with Crippen LogP contribution in [0.1, 0.15) is 201 Å². The minimum atomic E-state index is -0.903. The lowest BCUT2D eigenvalue weighted by Crippen LogP contribution is -2.47. The lowest BCUT2D eigenvalue weighted by molar-refractivity contribution is -0.934.